The van der Waals surface area contributed by atoms with Crippen LogP contribution in [0.15, 0.2) is 97.1 Å². The van der Waals surface area contributed by atoms with Gasteiger partial charge in [-0.05, 0) is 46.5 Å². The van der Waals surface area contributed by atoms with Crippen LogP contribution in [0.4, 0.5) is 0 Å². The van der Waals surface area contributed by atoms with Gasteiger partial charge >= 0.3 is 0 Å². The summed E-state index contributed by atoms with van der Waals surface area (Å²) in [5.74, 6) is 11.5. The van der Waals surface area contributed by atoms with Crippen LogP contribution in [0.1, 0.15) is 44.5 Å². The highest BCUT2D eigenvalue weighted by atomic mass is 14.4. The van der Waals surface area contributed by atoms with Gasteiger partial charge in [-0.15, -0.1) is 25.7 Å². The van der Waals surface area contributed by atoms with Gasteiger partial charge in [0.2, 0.25) is 0 Å². The van der Waals surface area contributed by atoms with E-state index in [9.17, 15) is 0 Å². The van der Waals surface area contributed by atoms with E-state index < -0.39 is 5.41 Å². The van der Waals surface area contributed by atoms with Gasteiger partial charge in [-0.25, -0.2) is 0 Å². The average Bonchev–Trinajstić information content (AvgIpc) is 2.90. The second-order valence-electron chi connectivity index (χ2n) is 7.51. The van der Waals surface area contributed by atoms with Crippen molar-refractivity contribution in [3.05, 3.63) is 142 Å². The topological polar surface area (TPSA) is 0 Å². The highest BCUT2D eigenvalue weighted by Gasteiger charge is 2.43. The Hall–Kier alpha value is -4.88. The third kappa shape index (κ3) is 3.38. The summed E-state index contributed by atoms with van der Waals surface area (Å²) in [5.41, 5.74) is 5.58. The second kappa shape index (κ2) is 9.09. The largest absolute Gasteiger partial charge is 0.115 e. The van der Waals surface area contributed by atoms with E-state index in [4.69, 9.17) is 25.7 Å². The Kier molecular flexibility index (Phi) is 5.88. The molecule has 0 fully saturated rings. The van der Waals surface area contributed by atoms with Gasteiger partial charge in [-0.1, -0.05) is 96.5 Å². The van der Waals surface area contributed by atoms with Crippen molar-refractivity contribution in [2.24, 2.45) is 0 Å². The summed E-state index contributed by atoms with van der Waals surface area (Å²) in [6.45, 7) is 0. The lowest BCUT2D eigenvalue weighted by Gasteiger charge is -2.39. The first kappa shape index (κ1) is 21.4. The maximum atomic E-state index is 6.02. The van der Waals surface area contributed by atoms with Crippen molar-refractivity contribution in [1.82, 2.24) is 0 Å². The Morgan fingerprint density at radius 3 is 0.788 bits per heavy atom. The predicted octanol–water partition coefficient (Wildman–Crippen LogP) is 5.99. The molecule has 0 saturated heterocycles. The van der Waals surface area contributed by atoms with Crippen molar-refractivity contribution < 1.29 is 0 Å². The molecule has 0 aliphatic carbocycles. The van der Waals surface area contributed by atoms with E-state index in [2.05, 4.69) is 23.7 Å². The van der Waals surface area contributed by atoms with E-state index in [1.807, 2.05) is 97.1 Å². The fraction of sp³-hybridized carbons (Fsp3) is 0.0303. The monoisotopic (exact) mass is 416 g/mol. The number of hydrogen-bond donors (Lipinski definition) is 0. The second-order valence-corrected chi connectivity index (χ2v) is 7.51. The van der Waals surface area contributed by atoms with E-state index >= 15 is 0 Å². The molecular weight excluding hydrogens is 396 g/mol. The molecule has 0 nitrogen and oxygen atoms in total. The van der Waals surface area contributed by atoms with Crippen LogP contribution in [0.2, 0.25) is 0 Å². The molecule has 0 spiro atoms. The summed E-state index contributed by atoms with van der Waals surface area (Å²) in [7, 11) is 0. The maximum Gasteiger partial charge on any atom is 0.0749 e. The predicted molar refractivity (Wildman–Crippen MR) is 136 cm³/mol. The van der Waals surface area contributed by atoms with Crippen molar-refractivity contribution in [3.8, 4) is 49.4 Å². The number of rotatable bonds is 4. The van der Waals surface area contributed by atoms with Crippen molar-refractivity contribution >= 4 is 0 Å². The molecule has 0 saturated carbocycles. The van der Waals surface area contributed by atoms with Gasteiger partial charge in [0, 0.05) is 22.3 Å². The summed E-state index contributed by atoms with van der Waals surface area (Å²) < 4.78 is 0. The number of hydrogen-bond acceptors (Lipinski definition) is 0. The highest BCUT2D eigenvalue weighted by molar-refractivity contribution is 5.71. The van der Waals surface area contributed by atoms with E-state index in [0.29, 0.717) is 0 Å². The van der Waals surface area contributed by atoms with Gasteiger partial charge in [-0.3, -0.25) is 0 Å². The summed E-state index contributed by atoms with van der Waals surface area (Å²) in [6.07, 6.45) is 24.1. The van der Waals surface area contributed by atoms with Crippen LogP contribution in [0, 0.1) is 49.4 Å². The lowest BCUT2D eigenvalue weighted by atomic mass is 9.61. The third-order valence-corrected chi connectivity index (χ3v) is 5.95. The molecule has 0 bridgehead atoms. The smallest absolute Gasteiger partial charge is 0.0749 e. The van der Waals surface area contributed by atoms with Crippen LogP contribution in [0.3, 0.4) is 0 Å². The van der Waals surface area contributed by atoms with E-state index in [1.54, 1.807) is 0 Å². The first-order valence-electron chi connectivity index (χ1n) is 10.5. The summed E-state index contributed by atoms with van der Waals surface area (Å²) in [6, 6.07) is 31.4. The van der Waals surface area contributed by atoms with Gasteiger partial charge in [0.1, 0.15) is 0 Å². The van der Waals surface area contributed by atoms with Gasteiger partial charge in [0.05, 0.1) is 5.41 Å². The van der Waals surface area contributed by atoms with Crippen LogP contribution >= 0.6 is 0 Å². The fourth-order valence-electron chi connectivity index (χ4n) is 4.61. The first-order valence-corrected chi connectivity index (χ1v) is 10.5. The molecule has 33 heavy (non-hydrogen) atoms. The Bertz CT molecular complexity index is 1270. The normalized spacial score (nSPS) is 10.3. The van der Waals surface area contributed by atoms with Gasteiger partial charge in [0.25, 0.3) is 0 Å². The minimum Gasteiger partial charge on any atom is -0.115 e. The van der Waals surface area contributed by atoms with E-state index in [1.165, 1.54) is 0 Å². The summed E-state index contributed by atoms with van der Waals surface area (Å²) >= 11 is 0. The molecule has 0 heteroatoms. The van der Waals surface area contributed by atoms with E-state index in [0.717, 1.165) is 44.5 Å². The van der Waals surface area contributed by atoms with Crippen LogP contribution < -0.4 is 0 Å². The molecule has 4 aromatic rings. The molecule has 0 radical (unpaired) electrons. The molecule has 0 aliphatic rings. The minimum atomic E-state index is -0.933. The quantitative estimate of drug-likeness (QED) is 0.283. The zero-order valence-corrected chi connectivity index (χ0v) is 18.0. The van der Waals surface area contributed by atoms with Crippen LogP contribution in [0.5, 0.6) is 0 Å². The molecule has 0 heterocycles. The molecule has 0 aliphatic heterocycles. The summed E-state index contributed by atoms with van der Waals surface area (Å²) in [4.78, 5) is 0. The molecule has 0 N–H and O–H groups in total. The number of terminal acetylenes is 4. The highest BCUT2D eigenvalue weighted by Crippen LogP contribution is 2.49. The van der Waals surface area contributed by atoms with Crippen LogP contribution in [-0.2, 0) is 5.41 Å². The van der Waals surface area contributed by atoms with Gasteiger partial charge in [-0.2, -0.15) is 0 Å². The zero-order chi connectivity index (χ0) is 23.3. The lowest BCUT2D eigenvalue weighted by molar-refractivity contribution is 0.736. The molecular formula is C33H20. The Morgan fingerprint density at radius 2 is 0.576 bits per heavy atom. The first-order chi connectivity index (χ1) is 16.2. The van der Waals surface area contributed by atoms with Crippen molar-refractivity contribution in [3.63, 3.8) is 0 Å². The maximum absolute atomic E-state index is 6.02. The van der Waals surface area contributed by atoms with E-state index in [-0.39, 0.29) is 0 Å². The van der Waals surface area contributed by atoms with Crippen molar-refractivity contribution in [2.45, 2.75) is 5.41 Å². The Balaban J connectivity index is 2.38. The van der Waals surface area contributed by atoms with Crippen LogP contribution in [-0.4, -0.2) is 0 Å². The molecule has 0 unspecified atom stereocenters. The molecule has 0 amide bonds. The SMILES string of the molecule is C#Cc1ccccc1C(c1ccccc1C#C)(c1ccccc1C#C)c1ccccc1C#C. The average molecular weight is 417 g/mol. The molecule has 4 rings (SSSR count). The third-order valence-electron chi connectivity index (χ3n) is 5.95. The zero-order valence-electron chi connectivity index (χ0n) is 18.0. The Labute approximate surface area is 196 Å². The lowest BCUT2D eigenvalue weighted by Crippen LogP contribution is -2.34. The van der Waals surface area contributed by atoms with Gasteiger partial charge in [0.15, 0.2) is 0 Å². The van der Waals surface area contributed by atoms with Crippen LogP contribution in [0.25, 0.3) is 0 Å². The summed E-state index contributed by atoms with van der Waals surface area (Å²) in [5, 5.41) is 0. The number of benzene rings is 4. The molecule has 0 aromatic heterocycles. The fourth-order valence-corrected chi connectivity index (χ4v) is 4.61. The Morgan fingerprint density at radius 1 is 0.364 bits per heavy atom. The molecule has 152 valence electrons. The minimum absolute atomic E-state index is 0.739. The van der Waals surface area contributed by atoms with Crippen molar-refractivity contribution in [2.75, 3.05) is 0 Å². The standard InChI is InChI=1S/C33H20/c1-5-25-17-9-13-21-29(25)33(30-22-14-10-18-26(30)6-2,31-23-15-11-19-27(31)7-3)32-24-16-12-20-28(32)8-4/h1-4,9-24H. The van der Waals surface area contributed by atoms with Gasteiger partial charge < -0.3 is 0 Å². The molecule has 4 aromatic carbocycles. The van der Waals surface area contributed by atoms with Crippen molar-refractivity contribution in [1.29, 1.82) is 0 Å². The molecule has 0 atom stereocenters.